The number of hydrogen-bond donors (Lipinski definition) is 1. The quantitative estimate of drug-likeness (QED) is 0.809. The topological polar surface area (TPSA) is 58.9 Å². The van der Waals surface area contributed by atoms with Crippen molar-refractivity contribution in [2.45, 2.75) is 0 Å². The first-order valence-electron chi connectivity index (χ1n) is 6.05. The van der Waals surface area contributed by atoms with Crippen LogP contribution < -0.4 is 0 Å². The third-order valence-electron chi connectivity index (χ3n) is 3.07. The summed E-state index contributed by atoms with van der Waals surface area (Å²) in [4.78, 5) is 16.5. The normalized spacial score (nSPS) is 15.0. The lowest BCUT2D eigenvalue weighted by Crippen LogP contribution is -2.02. The highest BCUT2D eigenvalue weighted by Gasteiger charge is 2.23. The third kappa shape index (κ3) is 2.46. The molecule has 21 heavy (non-hydrogen) atoms. The second-order valence-corrected chi connectivity index (χ2v) is 5.69. The Labute approximate surface area is 130 Å². The number of carbonyl (C=O) groups is 1. The van der Waals surface area contributed by atoms with E-state index in [9.17, 15) is 4.79 Å². The molecule has 106 valence electrons. The van der Waals surface area contributed by atoms with Gasteiger partial charge >= 0.3 is 5.97 Å². The second kappa shape index (κ2) is 5.35. The van der Waals surface area contributed by atoms with Gasteiger partial charge < -0.3 is 9.84 Å². The lowest BCUT2D eigenvalue weighted by molar-refractivity contribution is -0.131. The van der Waals surface area contributed by atoms with Crippen molar-refractivity contribution in [3.05, 3.63) is 56.7 Å². The number of carboxylic acids is 1. The fraction of sp³-hybridized carbons (Fsp3) is 0.0667. The number of benzene rings is 1. The molecular weight excluding hydrogens is 310 g/mol. The molecule has 0 spiro atoms. The molecule has 0 fully saturated rings. The van der Waals surface area contributed by atoms with E-state index < -0.39 is 5.97 Å². The largest absolute Gasteiger partial charge is 0.481 e. The summed E-state index contributed by atoms with van der Waals surface area (Å²) in [6, 6.07) is 7.06. The first kappa shape index (κ1) is 13.9. The van der Waals surface area contributed by atoms with Crippen LogP contribution in [0.2, 0.25) is 5.02 Å². The highest BCUT2D eigenvalue weighted by Crippen LogP contribution is 2.40. The number of ether oxygens (including phenoxy) is 1. The zero-order chi connectivity index (χ0) is 15.0. The summed E-state index contributed by atoms with van der Waals surface area (Å²) < 4.78 is 5.34. The molecule has 4 nitrogen and oxygen atoms in total. The SMILES string of the molecule is COC1=Nc2cc(Cl)ccc2C(=CC(=O)O)c2sccc21. The molecule has 6 heteroatoms. The Kier molecular flexibility index (Phi) is 3.53. The Morgan fingerprint density at radius 1 is 1.38 bits per heavy atom. The summed E-state index contributed by atoms with van der Waals surface area (Å²) in [6.45, 7) is 0. The van der Waals surface area contributed by atoms with Crippen molar-refractivity contribution in [3.8, 4) is 0 Å². The van der Waals surface area contributed by atoms with E-state index in [2.05, 4.69) is 4.99 Å². The van der Waals surface area contributed by atoms with Crippen LogP contribution in [-0.2, 0) is 9.53 Å². The Morgan fingerprint density at radius 2 is 2.19 bits per heavy atom. The maximum Gasteiger partial charge on any atom is 0.328 e. The Bertz CT molecular complexity index is 792. The van der Waals surface area contributed by atoms with E-state index in [-0.39, 0.29) is 0 Å². The zero-order valence-corrected chi connectivity index (χ0v) is 12.5. The molecule has 0 saturated carbocycles. The number of nitrogens with zero attached hydrogens (tertiary/aromatic N) is 1. The average molecular weight is 320 g/mol. The number of rotatable bonds is 1. The van der Waals surface area contributed by atoms with Crippen molar-refractivity contribution in [2.24, 2.45) is 4.99 Å². The monoisotopic (exact) mass is 319 g/mol. The van der Waals surface area contributed by atoms with Gasteiger partial charge in [-0.15, -0.1) is 11.3 Å². The minimum atomic E-state index is -1.01. The van der Waals surface area contributed by atoms with E-state index in [1.165, 1.54) is 24.5 Å². The van der Waals surface area contributed by atoms with Crippen LogP contribution >= 0.6 is 22.9 Å². The number of aliphatic imine (C=N–C) groups is 1. The predicted molar refractivity (Wildman–Crippen MR) is 83.7 cm³/mol. The maximum atomic E-state index is 11.2. The van der Waals surface area contributed by atoms with Crippen LogP contribution in [0.3, 0.4) is 0 Å². The van der Waals surface area contributed by atoms with Crippen LogP contribution in [0.5, 0.6) is 0 Å². The fourth-order valence-electron chi connectivity index (χ4n) is 2.23. The molecule has 0 radical (unpaired) electrons. The molecule has 0 saturated heterocycles. The Morgan fingerprint density at radius 3 is 2.90 bits per heavy atom. The summed E-state index contributed by atoms with van der Waals surface area (Å²) >= 11 is 7.47. The van der Waals surface area contributed by atoms with Gasteiger partial charge in [-0.3, -0.25) is 0 Å². The number of fused-ring (bicyclic) bond motifs is 2. The van der Waals surface area contributed by atoms with Gasteiger partial charge in [0.1, 0.15) is 0 Å². The molecule has 1 N–H and O–H groups in total. The van der Waals surface area contributed by atoms with E-state index in [0.717, 1.165) is 16.0 Å². The molecule has 3 rings (SSSR count). The number of methoxy groups -OCH3 is 1. The molecule has 0 atom stereocenters. The smallest absolute Gasteiger partial charge is 0.328 e. The number of aliphatic carboxylic acids is 1. The minimum absolute atomic E-state index is 0.448. The van der Waals surface area contributed by atoms with Crippen LogP contribution in [0.25, 0.3) is 5.57 Å². The van der Waals surface area contributed by atoms with Gasteiger partial charge in [-0.05, 0) is 23.6 Å². The molecule has 2 aromatic rings. The van der Waals surface area contributed by atoms with Crippen LogP contribution in [0, 0.1) is 0 Å². The van der Waals surface area contributed by atoms with Gasteiger partial charge in [0.25, 0.3) is 0 Å². The lowest BCUT2D eigenvalue weighted by Gasteiger charge is -2.07. The fourth-order valence-corrected chi connectivity index (χ4v) is 3.31. The van der Waals surface area contributed by atoms with E-state index in [0.29, 0.717) is 22.2 Å². The van der Waals surface area contributed by atoms with E-state index >= 15 is 0 Å². The van der Waals surface area contributed by atoms with Gasteiger partial charge in [-0.1, -0.05) is 17.7 Å². The van der Waals surface area contributed by atoms with Crippen LogP contribution in [0.15, 0.2) is 40.7 Å². The first-order valence-corrected chi connectivity index (χ1v) is 7.31. The second-order valence-electron chi connectivity index (χ2n) is 4.34. The summed E-state index contributed by atoms with van der Waals surface area (Å²) in [7, 11) is 1.54. The molecule has 1 aliphatic rings. The van der Waals surface area contributed by atoms with Gasteiger partial charge in [-0.25, -0.2) is 9.79 Å². The van der Waals surface area contributed by atoms with Crippen molar-refractivity contribution < 1.29 is 14.6 Å². The molecule has 2 heterocycles. The molecule has 0 unspecified atom stereocenters. The highest BCUT2D eigenvalue weighted by atomic mass is 35.5. The summed E-state index contributed by atoms with van der Waals surface area (Å²) in [5.74, 6) is -0.560. The van der Waals surface area contributed by atoms with Gasteiger partial charge in [0.2, 0.25) is 5.90 Å². The van der Waals surface area contributed by atoms with Crippen molar-refractivity contribution in [1.29, 1.82) is 0 Å². The van der Waals surface area contributed by atoms with Crippen molar-refractivity contribution in [1.82, 2.24) is 0 Å². The Balaban J connectivity index is 2.36. The van der Waals surface area contributed by atoms with Gasteiger partial charge in [0.05, 0.1) is 18.4 Å². The number of carboxylic acid groups (broad SMARTS) is 1. The van der Waals surface area contributed by atoms with Gasteiger partial charge in [-0.2, -0.15) is 0 Å². The number of halogens is 1. The lowest BCUT2D eigenvalue weighted by atomic mass is 10.0. The van der Waals surface area contributed by atoms with Gasteiger partial charge in [0.15, 0.2) is 0 Å². The third-order valence-corrected chi connectivity index (χ3v) is 4.26. The van der Waals surface area contributed by atoms with Crippen molar-refractivity contribution >= 4 is 46.1 Å². The zero-order valence-electron chi connectivity index (χ0n) is 11.0. The average Bonchev–Trinajstić information content (AvgIpc) is 2.87. The predicted octanol–water partition coefficient (Wildman–Crippen LogP) is 3.96. The molecular formula is C15H10ClNO3S. The van der Waals surface area contributed by atoms with Crippen LogP contribution in [-0.4, -0.2) is 24.1 Å². The first-order chi connectivity index (χ1) is 10.1. The van der Waals surface area contributed by atoms with Crippen molar-refractivity contribution in [2.75, 3.05) is 7.11 Å². The Hall–Kier alpha value is -2.11. The molecule has 1 aromatic carbocycles. The maximum absolute atomic E-state index is 11.2. The minimum Gasteiger partial charge on any atom is -0.481 e. The van der Waals surface area contributed by atoms with E-state index in [1.807, 2.05) is 11.4 Å². The highest BCUT2D eigenvalue weighted by molar-refractivity contribution is 7.11. The van der Waals surface area contributed by atoms with Crippen molar-refractivity contribution in [3.63, 3.8) is 0 Å². The molecule has 1 aromatic heterocycles. The van der Waals surface area contributed by atoms with Crippen LogP contribution in [0.4, 0.5) is 5.69 Å². The molecule has 0 amide bonds. The number of thiophene rings is 1. The molecule has 1 aliphatic heterocycles. The van der Waals surface area contributed by atoms with E-state index in [1.54, 1.807) is 18.2 Å². The summed E-state index contributed by atoms with van der Waals surface area (Å²) in [5.41, 5.74) is 2.70. The number of hydrogen-bond acceptors (Lipinski definition) is 4. The summed E-state index contributed by atoms with van der Waals surface area (Å²) in [6.07, 6.45) is 1.19. The standard InChI is InChI=1S/C15H10ClNO3S/c1-20-15-10-4-5-21-14(10)11(7-13(18)19)9-3-2-8(16)6-12(9)17-15/h2-7H,1H3,(H,18,19). The van der Waals surface area contributed by atoms with Gasteiger partial charge in [0, 0.05) is 27.1 Å². The molecule has 0 bridgehead atoms. The van der Waals surface area contributed by atoms with E-state index in [4.69, 9.17) is 21.4 Å². The summed E-state index contributed by atoms with van der Waals surface area (Å²) in [5, 5.41) is 11.6. The van der Waals surface area contributed by atoms with Crippen LogP contribution in [0.1, 0.15) is 16.0 Å². The molecule has 0 aliphatic carbocycles.